The number of benzene rings is 1. The van der Waals surface area contributed by atoms with Crippen LogP contribution in [0, 0.1) is 0 Å². The van der Waals surface area contributed by atoms with E-state index in [-0.39, 0.29) is 5.91 Å². The molecule has 5 nitrogen and oxygen atoms in total. The molecule has 2 aromatic heterocycles. The Balaban J connectivity index is 1.85. The highest BCUT2D eigenvalue weighted by molar-refractivity contribution is 7.98. The van der Waals surface area contributed by atoms with Gasteiger partial charge in [-0.05, 0) is 36.6 Å². The number of hydrogen-bond donors (Lipinski definition) is 0. The number of carbonyl (C=O) groups is 1. The van der Waals surface area contributed by atoms with Gasteiger partial charge in [0.1, 0.15) is 0 Å². The molecule has 0 atom stereocenters. The third-order valence-corrected chi connectivity index (χ3v) is 4.57. The molecule has 0 aliphatic heterocycles. The second kappa shape index (κ2) is 6.60. The third-order valence-electron chi connectivity index (χ3n) is 3.51. The van der Waals surface area contributed by atoms with Gasteiger partial charge in [0.25, 0.3) is 5.91 Å². The van der Waals surface area contributed by atoms with Crippen LogP contribution < -0.4 is 0 Å². The topological polar surface area (TPSA) is 50.5 Å². The zero-order chi connectivity index (χ0) is 16.4. The molecule has 7 heteroatoms. The Morgan fingerprint density at radius 1 is 1.30 bits per heavy atom. The van der Waals surface area contributed by atoms with Crippen molar-refractivity contribution in [3.63, 3.8) is 0 Å². The molecule has 0 saturated heterocycles. The smallest absolute Gasteiger partial charge is 0.255 e. The Labute approximate surface area is 143 Å². The van der Waals surface area contributed by atoms with Crippen molar-refractivity contribution in [2.24, 2.45) is 0 Å². The van der Waals surface area contributed by atoms with E-state index in [2.05, 4.69) is 10.2 Å². The molecule has 1 aromatic carbocycles. The Morgan fingerprint density at radius 3 is 2.91 bits per heavy atom. The van der Waals surface area contributed by atoms with Gasteiger partial charge in [-0.2, -0.15) is 0 Å². The molecule has 3 aromatic rings. The number of hydrogen-bond acceptors (Lipinski definition) is 4. The van der Waals surface area contributed by atoms with Crippen molar-refractivity contribution in [2.45, 2.75) is 11.4 Å². The number of fused-ring (bicyclic) bond motifs is 1. The van der Waals surface area contributed by atoms with Gasteiger partial charge < -0.3 is 4.90 Å². The maximum absolute atomic E-state index is 12.7. The standard InChI is InChI=1S/C16H15ClN4OS/c1-20(10-15-19-18-14-5-3-4-8-21(14)15)16(22)12-9-11(23-2)6-7-13(12)17/h3-9H,10H2,1-2H3. The van der Waals surface area contributed by atoms with Gasteiger partial charge >= 0.3 is 0 Å². The van der Waals surface area contributed by atoms with Gasteiger partial charge in [-0.1, -0.05) is 17.7 Å². The fourth-order valence-corrected chi connectivity index (χ4v) is 2.92. The Hall–Kier alpha value is -2.05. The van der Waals surface area contributed by atoms with Crippen LogP contribution in [-0.4, -0.2) is 38.7 Å². The summed E-state index contributed by atoms with van der Waals surface area (Å²) >= 11 is 7.75. The summed E-state index contributed by atoms with van der Waals surface area (Å²) in [7, 11) is 1.73. The molecule has 3 rings (SSSR count). The van der Waals surface area contributed by atoms with Crippen LogP contribution in [0.3, 0.4) is 0 Å². The highest BCUT2D eigenvalue weighted by atomic mass is 35.5. The molecule has 1 amide bonds. The maximum atomic E-state index is 12.7. The molecule has 0 unspecified atom stereocenters. The van der Waals surface area contributed by atoms with Crippen molar-refractivity contribution in [3.05, 3.63) is 59.0 Å². The first kappa shape index (κ1) is 15.8. The number of nitrogens with zero attached hydrogens (tertiary/aromatic N) is 4. The van der Waals surface area contributed by atoms with Crippen LogP contribution in [0.15, 0.2) is 47.5 Å². The Bertz CT molecular complexity index is 864. The predicted octanol–water partition coefficient (Wildman–Crippen LogP) is 3.38. The minimum absolute atomic E-state index is 0.140. The summed E-state index contributed by atoms with van der Waals surface area (Å²) in [4.78, 5) is 15.3. The number of rotatable bonds is 4. The lowest BCUT2D eigenvalue weighted by Crippen LogP contribution is -2.27. The molecular weight excluding hydrogens is 332 g/mol. The molecule has 0 saturated carbocycles. The lowest BCUT2D eigenvalue weighted by atomic mass is 10.2. The average Bonchev–Trinajstić information content (AvgIpc) is 2.98. The van der Waals surface area contributed by atoms with Crippen molar-refractivity contribution in [3.8, 4) is 0 Å². The number of amides is 1. The van der Waals surface area contributed by atoms with Crippen LogP contribution >= 0.6 is 23.4 Å². The van der Waals surface area contributed by atoms with Crippen molar-refractivity contribution < 1.29 is 4.79 Å². The van der Waals surface area contributed by atoms with Gasteiger partial charge in [0.2, 0.25) is 0 Å². The van der Waals surface area contributed by atoms with E-state index in [1.54, 1.807) is 29.8 Å². The highest BCUT2D eigenvalue weighted by Crippen LogP contribution is 2.24. The number of aromatic nitrogens is 3. The molecule has 0 spiro atoms. The van der Waals surface area contributed by atoms with Gasteiger partial charge in [0.15, 0.2) is 11.5 Å². The van der Waals surface area contributed by atoms with Crippen molar-refractivity contribution in [1.82, 2.24) is 19.5 Å². The molecule has 0 N–H and O–H groups in total. The number of carbonyl (C=O) groups excluding carboxylic acids is 1. The predicted molar refractivity (Wildman–Crippen MR) is 92.0 cm³/mol. The molecule has 0 bridgehead atoms. The van der Waals surface area contributed by atoms with E-state index < -0.39 is 0 Å². The van der Waals surface area contributed by atoms with Crippen molar-refractivity contribution in [1.29, 1.82) is 0 Å². The molecule has 0 radical (unpaired) electrons. The second-order valence-corrected chi connectivity index (χ2v) is 6.34. The van der Waals surface area contributed by atoms with E-state index in [1.807, 2.05) is 47.2 Å². The zero-order valence-corrected chi connectivity index (χ0v) is 14.3. The molecule has 2 heterocycles. The van der Waals surface area contributed by atoms with E-state index in [4.69, 9.17) is 11.6 Å². The SMILES string of the molecule is CSc1ccc(Cl)c(C(=O)N(C)Cc2nnc3ccccn23)c1. The minimum Gasteiger partial charge on any atom is -0.334 e. The van der Waals surface area contributed by atoms with Crippen LogP contribution in [0.5, 0.6) is 0 Å². The Morgan fingerprint density at radius 2 is 2.13 bits per heavy atom. The van der Waals surface area contributed by atoms with Crippen LogP contribution in [-0.2, 0) is 6.54 Å². The van der Waals surface area contributed by atoms with Crippen molar-refractivity contribution >= 4 is 34.9 Å². The molecular formula is C16H15ClN4OS. The van der Waals surface area contributed by atoms with Crippen molar-refractivity contribution in [2.75, 3.05) is 13.3 Å². The first-order valence-electron chi connectivity index (χ1n) is 6.98. The van der Waals surface area contributed by atoms with Gasteiger partial charge in [-0.3, -0.25) is 9.20 Å². The van der Waals surface area contributed by atoms with E-state index in [1.165, 1.54) is 0 Å². The normalized spacial score (nSPS) is 10.9. The van der Waals surface area contributed by atoms with Crippen LogP contribution in [0.1, 0.15) is 16.2 Å². The summed E-state index contributed by atoms with van der Waals surface area (Å²) in [5.41, 5.74) is 1.25. The third kappa shape index (κ3) is 3.18. The van der Waals surface area contributed by atoms with E-state index in [9.17, 15) is 4.79 Å². The monoisotopic (exact) mass is 346 g/mol. The number of halogens is 1. The average molecular weight is 347 g/mol. The summed E-state index contributed by atoms with van der Waals surface area (Å²) in [6.07, 6.45) is 3.84. The first-order chi connectivity index (χ1) is 11.1. The maximum Gasteiger partial charge on any atom is 0.255 e. The van der Waals surface area contributed by atoms with E-state index >= 15 is 0 Å². The summed E-state index contributed by atoms with van der Waals surface area (Å²) < 4.78 is 1.86. The van der Waals surface area contributed by atoms with E-state index in [0.717, 1.165) is 10.5 Å². The van der Waals surface area contributed by atoms with Crippen LogP contribution in [0.4, 0.5) is 0 Å². The van der Waals surface area contributed by atoms with E-state index in [0.29, 0.717) is 23.0 Å². The molecule has 23 heavy (non-hydrogen) atoms. The lowest BCUT2D eigenvalue weighted by Gasteiger charge is -2.17. The van der Waals surface area contributed by atoms with Gasteiger partial charge in [-0.25, -0.2) is 0 Å². The van der Waals surface area contributed by atoms with Gasteiger partial charge in [-0.15, -0.1) is 22.0 Å². The molecule has 0 aliphatic rings. The summed E-state index contributed by atoms with van der Waals surface area (Å²) in [6.45, 7) is 0.351. The zero-order valence-electron chi connectivity index (χ0n) is 12.7. The molecule has 118 valence electrons. The number of pyridine rings is 1. The fraction of sp³-hybridized carbons (Fsp3) is 0.188. The van der Waals surface area contributed by atoms with Gasteiger partial charge in [0, 0.05) is 18.1 Å². The molecule has 0 fully saturated rings. The van der Waals surface area contributed by atoms with Crippen LogP contribution in [0.2, 0.25) is 5.02 Å². The summed E-state index contributed by atoms with van der Waals surface area (Å²) in [5, 5.41) is 8.69. The largest absolute Gasteiger partial charge is 0.334 e. The number of thioether (sulfide) groups is 1. The summed E-state index contributed by atoms with van der Waals surface area (Å²) in [6, 6.07) is 11.1. The quantitative estimate of drug-likeness (QED) is 0.679. The summed E-state index contributed by atoms with van der Waals surface area (Å²) in [5.74, 6) is 0.562. The minimum atomic E-state index is -0.140. The Kier molecular flexibility index (Phi) is 4.54. The van der Waals surface area contributed by atoms with Gasteiger partial charge in [0.05, 0.1) is 17.1 Å². The highest BCUT2D eigenvalue weighted by Gasteiger charge is 2.18. The first-order valence-corrected chi connectivity index (χ1v) is 8.58. The lowest BCUT2D eigenvalue weighted by molar-refractivity contribution is 0.0781. The second-order valence-electron chi connectivity index (χ2n) is 5.05. The fourth-order valence-electron chi connectivity index (χ4n) is 2.28. The van der Waals surface area contributed by atoms with Crippen LogP contribution in [0.25, 0.3) is 5.65 Å². The molecule has 0 aliphatic carbocycles.